The van der Waals surface area contributed by atoms with Crippen LogP contribution < -0.4 is 11.1 Å². The second-order valence-corrected chi connectivity index (χ2v) is 4.57. The lowest BCUT2D eigenvalue weighted by molar-refractivity contribution is -0.123. The fourth-order valence-corrected chi connectivity index (χ4v) is 1.88. The Balaban J connectivity index is 2.01. The van der Waals surface area contributed by atoms with Crippen molar-refractivity contribution in [2.75, 3.05) is 0 Å². The minimum Gasteiger partial charge on any atom is -0.348 e. The van der Waals surface area contributed by atoms with Gasteiger partial charge in [0.05, 0.1) is 12.2 Å². The molecule has 0 saturated heterocycles. The van der Waals surface area contributed by atoms with Gasteiger partial charge in [0.15, 0.2) is 0 Å². The molecule has 5 heteroatoms. The molecule has 0 spiro atoms. The Bertz CT molecular complexity index is 550. The minimum absolute atomic E-state index is 0.0728. The summed E-state index contributed by atoms with van der Waals surface area (Å²) >= 11 is 0. The summed E-state index contributed by atoms with van der Waals surface area (Å²) in [5.41, 5.74) is 7.67. The van der Waals surface area contributed by atoms with Crippen molar-refractivity contribution < 1.29 is 4.79 Å². The van der Waals surface area contributed by atoms with Crippen molar-refractivity contribution >= 4 is 5.91 Å². The number of nitrogens with zero attached hydrogens (tertiary/aromatic N) is 2. The van der Waals surface area contributed by atoms with Gasteiger partial charge in [0.2, 0.25) is 5.91 Å². The molecule has 0 saturated carbocycles. The normalized spacial score (nSPS) is 13.8. The maximum atomic E-state index is 12.1. The highest BCUT2D eigenvalue weighted by atomic mass is 16.2. The first-order chi connectivity index (χ1) is 9.08. The number of carbonyl (C=O) groups excluding carboxylic acids is 1. The van der Waals surface area contributed by atoms with Crippen LogP contribution in [0.25, 0.3) is 0 Å². The van der Waals surface area contributed by atoms with Crippen LogP contribution in [0.4, 0.5) is 0 Å². The first kappa shape index (κ1) is 13.3. The van der Waals surface area contributed by atoms with Gasteiger partial charge in [-0.25, -0.2) is 0 Å². The minimum atomic E-state index is -0.695. The molecule has 0 aliphatic rings. The van der Waals surface area contributed by atoms with Gasteiger partial charge in [0, 0.05) is 18.8 Å². The number of hydrogen-bond donors (Lipinski definition) is 2. The number of rotatable bonds is 4. The first-order valence-electron chi connectivity index (χ1n) is 6.17. The Hall–Kier alpha value is -2.14. The smallest absolute Gasteiger partial charge is 0.242 e. The van der Waals surface area contributed by atoms with Gasteiger partial charge in [-0.15, -0.1) is 0 Å². The highest BCUT2D eigenvalue weighted by molar-refractivity contribution is 5.83. The predicted octanol–water partition coefficient (Wildman–Crippen LogP) is 1.30. The van der Waals surface area contributed by atoms with E-state index in [1.165, 1.54) is 0 Å². The average molecular weight is 258 g/mol. The highest BCUT2D eigenvalue weighted by Gasteiger charge is 2.19. The molecule has 0 radical (unpaired) electrons. The van der Waals surface area contributed by atoms with E-state index in [1.54, 1.807) is 24.1 Å². The number of benzene rings is 1. The largest absolute Gasteiger partial charge is 0.348 e. The van der Waals surface area contributed by atoms with Crippen LogP contribution in [0.5, 0.6) is 0 Å². The number of aromatic nitrogens is 2. The summed E-state index contributed by atoms with van der Waals surface area (Å²) in [6.07, 6.45) is 3.36. The summed E-state index contributed by atoms with van der Waals surface area (Å²) in [5, 5.41) is 6.92. The Morgan fingerprint density at radius 2 is 2.00 bits per heavy atom. The lowest BCUT2D eigenvalue weighted by atomic mass is 10.1. The summed E-state index contributed by atoms with van der Waals surface area (Å²) in [4.78, 5) is 12.1. The molecule has 0 aliphatic carbocycles. The quantitative estimate of drug-likeness (QED) is 0.868. The number of nitrogens with two attached hydrogens (primary N) is 1. The van der Waals surface area contributed by atoms with Crippen molar-refractivity contribution in [2.45, 2.75) is 19.0 Å². The summed E-state index contributed by atoms with van der Waals surface area (Å²) in [6.45, 7) is 1.93. The van der Waals surface area contributed by atoms with Crippen LogP contribution in [0.1, 0.15) is 30.1 Å². The summed E-state index contributed by atoms with van der Waals surface area (Å²) in [6, 6.07) is 9.01. The van der Waals surface area contributed by atoms with E-state index in [-0.39, 0.29) is 11.9 Å². The van der Waals surface area contributed by atoms with Gasteiger partial charge in [-0.2, -0.15) is 5.10 Å². The van der Waals surface area contributed by atoms with Crippen LogP contribution in [0, 0.1) is 0 Å². The number of carbonyl (C=O) groups is 1. The number of aryl methyl sites for hydroxylation is 1. The van der Waals surface area contributed by atoms with Crippen LogP contribution in [-0.2, 0) is 11.8 Å². The fraction of sp³-hybridized carbons (Fsp3) is 0.286. The molecule has 0 fully saturated rings. The molecule has 5 nitrogen and oxygen atoms in total. The van der Waals surface area contributed by atoms with Gasteiger partial charge in [0.1, 0.15) is 6.04 Å². The van der Waals surface area contributed by atoms with Gasteiger partial charge >= 0.3 is 0 Å². The average Bonchev–Trinajstić information content (AvgIpc) is 2.85. The van der Waals surface area contributed by atoms with Crippen LogP contribution in [0.15, 0.2) is 42.7 Å². The molecule has 0 aliphatic heterocycles. The molecule has 100 valence electrons. The summed E-state index contributed by atoms with van der Waals surface area (Å²) in [7, 11) is 1.79. The Morgan fingerprint density at radius 3 is 2.58 bits per heavy atom. The highest BCUT2D eigenvalue weighted by Crippen LogP contribution is 2.14. The molecule has 0 bridgehead atoms. The molecule has 2 rings (SSSR count). The van der Waals surface area contributed by atoms with E-state index in [1.807, 2.05) is 37.3 Å². The standard InChI is InChI=1S/C14H18N4O/c1-10(11-6-4-3-5-7-11)17-14(19)13(15)12-8-16-18(2)9-12/h3-10,13H,15H2,1-2H3,(H,17,19). The number of amides is 1. The molecule has 2 atom stereocenters. The summed E-state index contributed by atoms with van der Waals surface area (Å²) in [5.74, 6) is -0.204. The first-order valence-corrected chi connectivity index (χ1v) is 6.17. The molecule has 19 heavy (non-hydrogen) atoms. The molecule has 1 aromatic carbocycles. The lowest BCUT2D eigenvalue weighted by Crippen LogP contribution is -2.35. The van der Waals surface area contributed by atoms with Gasteiger partial charge in [-0.3, -0.25) is 9.48 Å². The van der Waals surface area contributed by atoms with E-state index in [9.17, 15) is 4.79 Å². The van der Waals surface area contributed by atoms with E-state index in [2.05, 4.69) is 10.4 Å². The number of hydrogen-bond acceptors (Lipinski definition) is 3. The van der Waals surface area contributed by atoms with Gasteiger partial charge < -0.3 is 11.1 Å². The molecule has 2 unspecified atom stereocenters. The van der Waals surface area contributed by atoms with Crippen molar-refractivity contribution in [1.82, 2.24) is 15.1 Å². The Kier molecular flexibility index (Phi) is 3.97. The second-order valence-electron chi connectivity index (χ2n) is 4.57. The monoisotopic (exact) mass is 258 g/mol. The van der Waals surface area contributed by atoms with E-state index in [0.717, 1.165) is 5.56 Å². The zero-order valence-electron chi connectivity index (χ0n) is 11.1. The zero-order valence-corrected chi connectivity index (χ0v) is 11.1. The fourth-order valence-electron chi connectivity index (χ4n) is 1.88. The van der Waals surface area contributed by atoms with E-state index in [0.29, 0.717) is 5.56 Å². The topological polar surface area (TPSA) is 72.9 Å². The third-order valence-electron chi connectivity index (χ3n) is 3.02. The summed E-state index contributed by atoms with van der Waals surface area (Å²) < 4.78 is 1.63. The Labute approximate surface area is 112 Å². The van der Waals surface area contributed by atoms with Gasteiger partial charge in [-0.1, -0.05) is 30.3 Å². The van der Waals surface area contributed by atoms with E-state index in [4.69, 9.17) is 5.73 Å². The second kappa shape index (κ2) is 5.67. The third kappa shape index (κ3) is 3.20. The van der Waals surface area contributed by atoms with Crippen molar-refractivity contribution in [2.24, 2.45) is 12.8 Å². The molecule has 3 N–H and O–H groups in total. The Morgan fingerprint density at radius 1 is 1.32 bits per heavy atom. The van der Waals surface area contributed by atoms with Crippen LogP contribution in [0.3, 0.4) is 0 Å². The lowest BCUT2D eigenvalue weighted by Gasteiger charge is -2.17. The van der Waals surface area contributed by atoms with Crippen molar-refractivity contribution in [3.8, 4) is 0 Å². The molecule has 2 aromatic rings. The van der Waals surface area contributed by atoms with Crippen molar-refractivity contribution in [1.29, 1.82) is 0 Å². The maximum absolute atomic E-state index is 12.1. The van der Waals surface area contributed by atoms with Gasteiger partial charge in [0.25, 0.3) is 0 Å². The molecule has 1 aromatic heterocycles. The third-order valence-corrected chi connectivity index (χ3v) is 3.02. The van der Waals surface area contributed by atoms with Crippen molar-refractivity contribution in [3.05, 3.63) is 53.9 Å². The molecular weight excluding hydrogens is 240 g/mol. The molecule has 1 amide bonds. The van der Waals surface area contributed by atoms with Crippen LogP contribution in [0.2, 0.25) is 0 Å². The van der Waals surface area contributed by atoms with E-state index < -0.39 is 6.04 Å². The van der Waals surface area contributed by atoms with Crippen molar-refractivity contribution in [3.63, 3.8) is 0 Å². The number of nitrogens with one attached hydrogen (secondary N) is 1. The van der Waals surface area contributed by atoms with Crippen LogP contribution >= 0.6 is 0 Å². The maximum Gasteiger partial charge on any atom is 0.242 e. The predicted molar refractivity (Wildman–Crippen MR) is 73.1 cm³/mol. The van der Waals surface area contributed by atoms with E-state index >= 15 is 0 Å². The molecular formula is C14H18N4O. The zero-order chi connectivity index (χ0) is 13.8. The molecule has 1 heterocycles. The van der Waals surface area contributed by atoms with Crippen LogP contribution in [-0.4, -0.2) is 15.7 Å². The van der Waals surface area contributed by atoms with Gasteiger partial charge in [-0.05, 0) is 12.5 Å². The SMILES string of the molecule is CC(NC(=O)C(N)c1cnn(C)c1)c1ccccc1.